The molecule has 0 unspecified atom stereocenters. The van der Waals surface area contributed by atoms with E-state index in [1.807, 2.05) is 56.3 Å². The standard InChI is InChI=1S/C30H34N8O3/c1-19-28-34-27(21-8-4-3-5-9-21)35-38(28)17-16-36(30(41)22-12-13-23-24(18-22)33-20(2)32-23)14-7-11-26(39)37-15-6-10-25(37)29(40)31-19/h3-5,8-9,12-13,18-19,25H,6-7,10-11,14-17H2,1-2H3,(H,31,40)(H,32,33)/t19-,25-/m0/s1. The van der Waals surface area contributed by atoms with E-state index in [0.717, 1.165) is 28.8 Å². The number of aromatic nitrogens is 5. The average molecular weight is 555 g/mol. The Kier molecular flexibility index (Phi) is 7.25. The van der Waals surface area contributed by atoms with Crippen LogP contribution in [0, 0.1) is 6.92 Å². The number of carbonyl (C=O) groups excluding carboxylic acids is 3. The fourth-order valence-electron chi connectivity index (χ4n) is 5.81. The van der Waals surface area contributed by atoms with E-state index in [4.69, 9.17) is 10.1 Å². The molecule has 212 valence electrons. The number of nitrogens with zero attached hydrogens (tertiary/aromatic N) is 6. The van der Waals surface area contributed by atoms with Crippen LogP contribution in [0.4, 0.5) is 0 Å². The summed E-state index contributed by atoms with van der Waals surface area (Å²) in [7, 11) is 0. The molecule has 1 saturated heterocycles. The van der Waals surface area contributed by atoms with E-state index in [1.165, 1.54) is 0 Å². The summed E-state index contributed by atoms with van der Waals surface area (Å²) in [5, 5.41) is 7.87. The van der Waals surface area contributed by atoms with Gasteiger partial charge in [0.2, 0.25) is 11.8 Å². The number of benzene rings is 2. The van der Waals surface area contributed by atoms with Crippen molar-refractivity contribution in [1.29, 1.82) is 0 Å². The molecular formula is C30H34N8O3. The summed E-state index contributed by atoms with van der Waals surface area (Å²) in [6.07, 6.45) is 2.18. The van der Waals surface area contributed by atoms with Crippen LogP contribution in [-0.2, 0) is 16.1 Å². The maximum Gasteiger partial charge on any atom is 0.253 e. The van der Waals surface area contributed by atoms with Gasteiger partial charge in [0.05, 0.1) is 23.6 Å². The quantitative estimate of drug-likeness (QED) is 0.392. The molecule has 2 aromatic carbocycles. The Balaban J connectivity index is 1.34. The van der Waals surface area contributed by atoms with Crippen LogP contribution in [0.3, 0.4) is 0 Å². The smallest absolute Gasteiger partial charge is 0.253 e. The highest BCUT2D eigenvalue weighted by molar-refractivity contribution is 5.97. The molecule has 0 bridgehead atoms. The van der Waals surface area contributed by atoms with Crippen molar-refractivity contribution in [2.45, 2.75) is 58.2 Å². The first-order valence-corrected chi connectivity index (χ1v) is 14.2. The molecule has 4 aromatic rings. The molecule has 41 heavy (non-hydrogen) atoms. The molecule has 2 N–H and O–H groups in total. The zero-order valence-corrected chi connectivity index (χ0v) is 23.3. The van der Waals surface area contributed by atoms with E-state index >= 15 is 0 Å². The normalized spacial score (nSPS) is 20.4. The Hall–Kier alpha value is -4.54. The predicted molar refractivity (Wildman–Crippen MR) is 153 cm³/mol. The van der Waals surface area contributed by atoms with Gasteiger partial charge in [-0.1, -0.05) is 30.3 Å². The Morgan fingerprint density at radius 2 is 1.80 bits per heavy atom. The van der Waals surface area contributed by atoms with Crippen LogP contribution in [0.25, 0.3) is 22.4 Å². The third kappa shape index (κ3) is 5.44. The predicted octanol–water partition coefficient (Wildman–Crippen LogP) is 3.23. The minimum Gasteiger partial charge on any atom is -0.345 e. The van der Waals surface area contributed by atoms with Crippen LogP contribution in [0.5, 0.6) is 0 Å². The SMILES string of the molecule is Cc1nc2ccc(C(=O)N3CCCC(=O)N4CCC[C@H]4C(=O)N[C@@H](C)c4nc(-c5ccccc5)nn4CC3)cc2[nH]1. The van der Waals surface area contributed by atoms with Crippen LogP contribution in [-0.4, -0.2) is 77.9 Å². The van der Waals surface area contributed by atoms with Crippen LogP contribution in [0.1, 0.15) is 60.7 Å². The summed E-state index contributed by atoms with van der Waals surface area (Å²) in [5.74, 6) is 1.61. The Morgan fingerprint density at radius 3 is 2.63 bits per heavy atom. The molecule has 0 spiro atoms. The van der Waals surface area contributed by atoms with Crippen LogP contribution < -0.4 is 5.32 Å². The lowest BCUT2D eigenvalue weighted by atomic mass is 10.1. The number of imidazole rings is 1. The summed E-state index contributed by atoms with van der Waals surface area (Å²) in [5.41, 5.74) is 3.04. The molecule has 6 rings (SSSR count). The topological polar surface area (TPSA) is 129 Å². The van der Waals surface area contributed by atoms with Gasteiger partial charge in [0, 0.05) is 37.2 Å². The lowest BCUT2D eigenvalue weighted by Crippen LogP contribution is -2.47. The number of carbonyl (C=O) groups is 3. The summed E-state index contributed by atoms with van der Waals surface area (Å²) in [6, 6.07) is 14.2. The van der Waals surface area contributed by atoms with Gasteiger partial charge in [-0.15, -0.1) is 0 Å². The van der Waals surface area contributed by atoms with E-state index < -0.39 is 12.1 Å². The zero-order valence-electron chi connectivity index (χ0n) is 23.3. The Labute approximate surface area is 237 Å². The van der Waals surface area contributed by atoms with Gasteiger partial charge in [-0.3, -0.25) is 14.4 Å². The van der Waals surface area contributed by atoms with Crippen molar-refractivity contribution >= 4 is 28.8 Å². The lowest BCUT2D eigenvalue weighted by Gasteiger charge is -2.28. The van der Waals surface area contributed by atoms with Crippen LogP contribution >= 0.6 is 0 Å². The molecule has 2 atom stereocenters. The van der Waals surface area contributed by atoms with Crippen molar-refractivity contribution < 1.29 is 14.4 Å². The second-order valence-electron chi connectivity index (χ2n) is 10.8. The number of aryl methyl sites for hydroxylation is 1. The van der Waals surface area contributed by atoms with Gasteiger partial charge >= 0.3 is 0 Å². The molecular weight excluding hydrogens is 520 g/mol. The van der Waals surface area contributed by atoms with Gasteiger partial charge in [0.25, 0.3) is 5.91 Å². The number of fused-ring (bicyclic) bond motifs is 3. The first-order valence-electron chi connectivity index (χ1n) is 14.2. The van der Waals surface area contributed by atoms with Crippen molar-refractivity contribution in [2.24, 2.45) is 0 Å². The van der Waals surface area contributed by atoms with Gasteiger partial charge in [-0.2, -0.15) is 5.10 Å². The van der Waals surface area contributed by atoms with E-state index in [1.54, 1.807) is 20.5 Å². The van der Waals surface area contributed by atoms with Gasteiger partial charge in [0.15, 0.2) is 5.82 Å². The van der Waals surface area contributed by atoms with Gasteiger partial charge in [-0.05, 0) is 51.3 Å². The van der Waals surface area contributed by atoms with Crippen molar-refractivity contribution in [3.05, 3.63) is 65.7 Å². The molecule has 0 radical (unpaired) electrons. The minimum absolute atomic E-state index is 0.0522. The maximum absolute atomic E-state index is 13.8. The molecule has 3 amide bonds. The fraction of sp³-hybridized carbons (Fsp3) is 0.400. The molecule has 1 fully saturated rings. The number of hydrogen-bond acceptors (Lipinski definition) is 6. The minimum atomic E-state index is -0.500. The van der Waals surface area contributed by atoms with Gasteiger partial charge in [-0.25, -0.2) is 14.6 Å². The van der Waals surface area contributed by atoms with Crippen LogP contribution in [0.2, 0.25) is 0 Å². The molecule has 4 heterocycles. The van der Waals surface area contributed by atoms with Gasteiger partial charge < -0.3 is 20.1 Å². The number of amides is 3. The number of rotatable bonds is 2. The van der Waals surface area contributed by atoms with E-state index in [0.29, 0.717) is 56.2 Å². The zero-order chi connectivity index (χ0) is 28.5. The average Bonchev–Trinajstić information content (AvgIpc) is 3.71. The van der Waals surface area contributed by atoms with Gasteiger partial charge in [0.1, 0.15) is 17.7 Å². The molecule has 11 heteroatoms. The van der Waals surface area contributed by atoms with Crippen molar-refractivity contribution in [3.63, 3.8) is 0 Å². The third-order valence-electron chi connectivity index (χ3n) is 7.89. The number of aromatic amines is 1. The molecule has 11 nitrogen and oxygen atoms in total. The van der Waals surface area contributed by atoms with Crippen LogP contribution in [0.15, 0.2) is 48.5 Å². The largest absolute Gasteiger partial charge is 0.345 e. The number of nitrogens with one attached hydrogen (secondary N) is 2. The lowest BCUT2D eigenvalue weighted by molar-refractivity contribution is -0.138. The van der Waals surface area contributed by atoms with E-state index in [-0.39, 0.29) is 24.1 Å². The highest BCUT2D eigenvalue weighted by Crippen LogP contribution is 2.23. The fourth-order valence-corrected chi connectivity index (χ4v) is 5.81. The van der Waals surface area contributed by atoms with Crippen molar-refractivity contribution in [3.8, 4) is 11.4 Å². The highest BCUT2D eigenvalue weighted by Gasteiger charge is 2.35. The summed E-state index contributed by atoms with van der Waals surface area (Å²) in [6.45, 7) is 5.48. The second kappa shape index (κ2) is 11.1. The molecule has 0 saturated carbocycles. The first-order chi connectivity index (χ1) is 19.9. The molecule has 0 aliphatic carbocycles. The number of H-pyrrole nitrogens is 1. The highest BCUT2D eigenvalue weighted by atomic mass is 16.2. The number of hydrogen-bond donors (Lipinski definition) is 2. The Bertz CT molecular complexity index is 1590. The monoisotopic (exact) mass is 554 g/mol. The third-order valence-corrected chi connectivity index (χ3v) is 7.89. The first kappa shape index (κ1) is 26.7. The van der Waals surface area contributed by atoms with Crippen molar-refractivity contribution in [1.82, 2.24) is 39.8 Å². The second-order valence-corrected chi connectivity index (χ2v) is 10.8. The summed E-state index contributed by atoms with van der Waals surface area (Å²) < 4.78 is 1.79. The Morgan fingerprint density at radius 1 is 0.976 bits per heavy atom. The summed E-state index contributed by atoms with van der Waals surface area (Å²) >= 11 is 0. The molecule has 2 aliphatic rings. The maximum atomic E-state index is 13.8. The van der Waals surface area contributed by atoms with Crippen molar-refractivity contribution in [2.75, 3.05) is 19.6 Å². The summed E-state index contributed by atoms with van der Waals surface area (Å²) in [4.78, 5) is 56.2. The molecule has 2 aromatic heterocycles. The van der Waals surface area contributed by atoms with E-state index in [2.05, 4.69) is 15.3 Å². The molecule has 2 aliphatic heterocycles. The van der Waals surface area contributed by atoms with E-state index in [9.17, 15) is 14.4 Å².